The predicted molar refractivity (Wildman–Crippen MR) is 42.4 cm³/mol. The number of hydrogen-bond acceptors (Lipinski definition) is 2. The summed E-state index contributed by atoms with van der Waals surface area (Å²) in [6, 6.07) is 0.212. The van der Waals surface area contributed by atoms with Gasteiger partial charge in [-0.25, -0.2) is 0 Å². The molecule has 2 atom stereocenters. The van der Waals surface area contributed by atoms with Crippen molar-refractivity contribution < 1.29 is 9.90 Å². The monoisotopic (exact) mass is 157 g/mol. The molecule has 0 bridgehead atoms. The third kappa shape index (κ3) is 2.89. The summed E-state index contributed by atoms with van der Waals surface area (Å²) in [5, 5.41) is 11.7. The third-order valence-electron chi connectivity index (χ3n) is 2.18. The molecule has 1 heterocycles. The van der Waals surface area contributed by atoms with E-state index in [0.29, 0.717) is 5.92 Å². The summed E-state index contributed by atoms with van der Waals surface area (Å²) < 4.78 is 0. The van der Waals surface area contributed by atoms with E-state index in [0.717, 1.165) is 19.4 Å². The Hall–Kier alpha value is -0.570. The van der Waals surface area contributed by atoms with Gasteiger partial charge in [0.2, 0.25) is 0 Å². The van der Waals surface area contributed by atoms with Gasteiger partial charge in [0, 0.05) is 6.04 Å². The number of carbonyl (C=O) groups is 1. The van der Waals surface area contributed by atoms with Crippen molar-refractivity contribution in [3.63, 3.8) is 0 Å². The first-order valence-electron chi connectivity index (χ1n) is 4.13. The molecule has 64 valence electrons. The number of aliphatic carboxylic acids is 1. The topological polar surface area (TPSA) is 49.3 Å². The lowest BCUT2D eigenvalue weighted by Crippen LogP contribution is -2.39. The molecule has 0 aliphatic carbocycles. The molecule has 11 heavy (non-hydrogen) atoms. The first kappa shape index (κ1) is 8.53. The summed E-state index contributed by atoms with van der Waals surface area (Å²) in [7, 11) is 0. The summed E-state index contributed by atoms with van der Waals surface area (Å²) in [6.07, 6.45) is 2.44. The van der Waals surface area contributed by atoms with Crippen molar-refractivity contribution in [3.05, 3.63) is 0 Å². The highest BCUT2D eigenvalue weighted by Gasteiger charge is 2.19. The van der Waals surface area contributed by atoms with Crippen LogP contribution in [0.3, 0.4) is 0 Å². The van der Waals surface area contributed by atoms with E-state index in [1.165, 1.54) is 0 Å². The van der Waals surface area contributed by atoms with Crippen LogP contribution in [0.5, 0.6) is 0 Å². The van der Waals surface area contributed by atoms with Crippen molar-refractivity contribution in [1.82, 2.24) is 5.32 Å². The van der Waals surface area contributed by atoms with Crippen LogP contribution in [0, 0.1) is 5.92 Å². The Bertz CT molecular complexity index is 139. The van der Waals surface area contributed by atoms with Gasteiger partial charge < -0.3 is 10.4 Å². The van der Waals surface area contributed by atoms with Crippen LogP contribution in [0.1, 0.15) is 26.2 Å². The molecule has 0 amide bonds. The van der Waals surface area contributed by atoms with Gasteiger partial charge in [0.05, 0.1) is 6.42 Å². The van der Waals surface area contributed by atoms with Crippen molar-refractivity contribution >= 4 is 5.97 Å². The second-order valence-electron chi connectivity index (χ2n) is 3.39. The zero-order chi connectivity index (χ0) is 8.27. The molecule has 1 aliphatic rings. The maximum Gasteiger partial charge on any atom is 0.304 e. The van der Waals surface area contributed by atoms with Crippen molar-refractivity contribution in [2.24, 2.45) is 5.92 Å². The third-order valence-corrected chi connectivity index (χ3v) is 2.18. The van der Waals surface area contributed by atoms with E-state index < -0.39 is 5.97 Å². The lowest BCUT2D eigenvalue weighted by molar-refractivity contribution is -0.137. The molecule has 1 saturated heterocycles. The standard InChI is InChI=1S/C8H15NO2/c1-6-2-3-7(9-5-6)4-8(10)11/h6-7,9H,2-5H2,1H3,(H,10,11). The highest BCUT2D eigenvalue weighted by molar-refractivity contribution is 5.67. The van der Waals surface area contributed by atoms with Crippen molar-refractivity contribution in [1.29, 1.82) is 0 Å². The Morgan fingerprint density at radius 2 is 2.36 bits per heavy atom. The minimum absolute atomic E-state index is 0.212. The fourth-order valence-electron chi connectivity index (χ4n) is 1.44. The second-order valence-corrected chi connectivity index (χ2v) is 3.39. The minimum Gasteiger partial charge on any atom is -0.481 e. The molecule has 1 fully saturated rings. The number of rotatable bonds is 2. The normalized spacial score (nSPS) is 31.7. The first-order chi connectivity index (χ1) is 5.18. The Kier molecular flexibility index (Phi) is 2.88. The van der Waals surface area contributed by atoms with Crippen LogP contribution in [-0.4, -0.2) is 23.7 Å². The summed E-state index contributed by atoms with van der Waals surface area (Å²) in [5.74, 6) is 0.0112. The van der Waals surface area contributed by atoms with Crippen LogP contribution >= 0.6 is 0 Å². The van der Waals surface area contributed by atoms with E-state index in [2.05, 4.69) is 12.2 Å². The number of piperidine rings is 1. The smallest absolute Gasteiger partial charge is 0.304 e. The van der Waals surface area contributed by atoms with E-state index in [1.54, 1.807) is 0 Å². The molecule has 0 radical (unpaired) electrons. The Morgan fingerprint density at radius 1 is 1.64 bits per heavy atom. The van der Waals surface area contributed by atoms with Crippen molar-refractivity contribution in [2.75, 3.05) is 6.54 Å². The molecule has 2 unspecified atom stereocenters. The van der Waals surface area contributed by atoms with Gasteiger partial charge in [0.15, 0.2) is 0 Å². The maximum absolute atomic E-state index is 10.3. The lowest BCUT2D eigenvalue weighted by atomic mass is 9.95. The van der Waals surface area contributed by atoms with E-state index in [4.69, 9.17) is 5.11 Å². The lowest BCUT2D eigenvalue weighted by Gasteiger charge is -2.26. The zero-order valence-corrected chi connectivity index (χ0v) is 6.84. The number of hydrogen-bond donors (Lipinski definition) is 2. The van der Waals surface area contributed by atoms with Crippen LogP contribution in [0.25, 0.3) is 0 Å². The van der Waals surface area contributed by atoms with Gasteiger partial charge in [0.1, 0.15) is 0 Å². The molecule has 3 nitrogen and oxygen atoms in total. The largest absolute Gasteiger partial charge is 0.481 e. The van der Waals surface area contributed by atoms with E-state index >= 15 is 0 Å². The molecule has 0 aromatic rings. The fraction of sp³-hybridized carbons (Fsp3) is 0.875. The molecule has 0 spiro atoms. The molecule has 0 saturated carbocycles. The Labute approximate surface area is 66.8 Å². The highest BCUT2D eigenvalue weighted by atomic mass is 16.4. The van der Waals surface area contributed by atoms with Gasteiger partial charge in [-0.15, -0.1) is 0 Å². The molecular weight excluding hydrogens is 142 g/mol. The molecule has 0 aromatic carbocycles. The Balaban J connectivity index is 2.22. The molecular formula is C8H15NO2. The molecule has 3 heteroatoms. The number of nitrogens with one attached hydrogen (secondary N) is 1. The quantitative estimate of drug-likeness (QED) is 0.624. The molecule has 1 rings (SSSR count). The number of carboxylic acid groups (broad SMARTS) is 1. The van der Waals surface area contributed by atoms with E-state index in [1.807, 2.05) is 0 Å². The predicted octanol–water partition coefficient (Wildman–Crippen LogP) is 0.849. The van der Waals surface area contributed by atoms with Gasteiger partial charge in [-0.2, -0.15) is 0 Å². The maximum atomic E-state index is 10.3. The van der Waals surface area contributed by atoms with Gasteiger partial charge in [-0.3, -0.25) is 4.79 Å². The second kappa shape index (κ2) is 3.72. The van der Waals surface area contributed by atoms with Crippen LogP contribution in [-0.2, 0) is 4.79 Å². The SMILES string of the molecule is CC1CCC(CC(=O)O)NC1. The summed E-state index contributed by atoms with van der Waals surface area (Å²) in [6.45, 7) is 3.15. The van der Waals surface area contributed by atoms with Gasteiger partial charge in [0.25, 0.3) is 0 Å². The molecule has 2 N–H and O–H groups in total. The first-order valence-corrected chi connectivity index (χ1v) is 4.13. The van der Waals surface area contributed by atoms with E-state index in [-0.39, 0.29) is 12.5 Å². The molecule has 0 aromatic heterocycles. The van der Waals surface area contributed by atoms with Crippen LogP contribution in [0.15, 0.2) is 0 Å². The summed E-state index contributed by atoms with van der Waals surface area (Å²) >= 11 is 0. The average molecular weight is 157 g/mol. The van der Waals surface area contributed by atoms with Crippen molar-refractivity contribution in [2.45, 2.75) is 32.2 Å². The van der Waals surface area contributed by atoms with Gasteiger partial charge in [-0.1, -0.05) is 6.92 Å². The van der Waals surface area contributed by atoms with Crippen LogP contribution in [0.4, 0.5) is 0 Å². The van der Waals surface area contributed by atoms with E-state index in [9.17, 15) is 4.79 Å². The van der Waals surface area contributed by atoms with Gasteiger partial charge in [-0.05, 0) is 25.3 Å². The fourth-order valence-corrected chi connectivity index (χ4v) is 1.44. The van der Waals surface area contributed by atoms with Crippen LogP contribution < -0.4 is 5.32 Å². The van der Waals surface area contributed by atoms with Crippen molar-refractivity contribution in [3.8, 4) is 0 Å². The molecule has 1 aliphatic heterocycles. The minimum atomic E-state index is -0.697. The zero-order valence-electron chi connectivity index (χ0n) is 6.84. The average Bonchev–Trinajstić information content (AvgIpc) is 1.93. The van der Waals surface area contributed by atoms with Crippen LogP contribution in [0.2, 0.25) is 0 Å². The summed E-state index contributed by atoms with van der Waals surface area (Å²) in [4.78, 5) is 10.3. The summed E-state index contributed by atoms with van der Waals surface area (Å²) in [5.41, 5.74) is 0. The Morgan fingerprint density at radius 3 is 2.82 bits per heavy atom. The highest BCUT2D eigenvalue weighted by Crippen LogP contribution is 2.14. The van der Waals surface area contributed by atoms with Gasteiger partial charge >= 0.3 is 5.97 Å². The number of carboxylic acids is 1.